The van der Waals surface area contributed by atoms with Gasteiger partial charge in [-0.25, -0.2) is 15.0 Å². The number of halogens is 3. The Morgan fingerprint density at radius 2 is 2.00 bits per heavy atom. The Bertz CT molecular complexity index is 1040. The van der Waals surface area contributed by atoms with Crippen LogP contribution < -0.4 is 5.32 Å². The largest absolute Gasteiger partial charge is 0.433 e. The third-order valence-electron chi connectivity index (χ3n) is 4.23. The maximum atomic E-state index is 12.9. The molecular formula is C19H17F3N4O2S. The monoisotopic (exact) mass is 422 g/mol. The summed E-state index contributed by atoms with van der Waals surface area (Å²) in [5.41, 5.74) is 2.41. The van der Waals surface area contributed by atoms with Crippen molar-refractivity contribution in [1.29, 1.82) is 0 Å². The first kappa shape index (κ1) is 20.9. The summed E-state index contributed by atoms with van der Waals surface area (Å²) in [7, 11) is 0. The second-order valence-electron chi connectivity index (χ2n) is 6.32. The lowest BCUT2D eigenvalue weighted by atomic mass is 10.0. The molecule has 0 unspecified atom stereocenters. The Morgan fingerprint density at radius 3 is 2.66 bits per heavy atom. The number of carbonyl (C=O) groups excluding carboxylic acids is 1. The Labute approximate surface area is 168 Å². The highest BCUT2D eigenvalue weighted by molar-refractivity contribution is 7.09. The predicted octanol–water partition coefficient (Wildman–Crippen LogP) is 3.70. The lowest BCUT2D eigenvalue weighted by Gasteiger charge is -2.13. The Balaban J connectivity index is 1.80. The van der Waals surface area contributed by atoms with Crippen LogP contribution in [0.15, 0.2) is 36.0 Å². The number of nitrogens with zero attached hydrogens (tertiary/aromatic N) is 3. The number of aromatic nitrogens is 3. The number of alkyl halides is 3. The zero-order valence-electron chi connectivity index (χ0n) is 15.5. The van der Waals surface area contributed by atoms with Gasteiger partial charge in [-0.1, -0.05) is 12.1 Å². The van der Waals surface area contributed by atoms with Gasteiger partial charge in [-0.05, 0) is 31.5 Å². The van der Waals surface area contributed by atoms with E-state index in [0.717, 1.165) is 12.3 Å². The maximum Gasteiger partial charge on any atom is 0.433 e. The van der Waals surface area contributed by atoms with Crippen molar-refractivity contribution in [3.05, 3.63) is 63.4 Å². The number of amides is 1. The van der Waals surface area contributed by atoms with Gasteiger partial charge in [0.15, 0.2) is 5.82 Å². The van der Waals surface area contributed by atoms with Gasteiger partial charge in [-0.15, -0.1) is 11.3 Å². The average Bonchev–Trinajstić information content (AvgIpc) is 3.11. The molecule has 0 spiro atoms. The van der Waals surface area contributed by atoms with E-state index in [1.165, 1.54) is 17.4 Å². The maximum absolute atomic E-state index is 12.9. The average molecular weight is 422 g/mol. The number of rotatable bonds is 5. The number of aliphatic hydroxyl groups is 1. The number of aliphatic hydroxyl groups excluding tert-OH is 1. The molecule has 0 aliphatic rings. The highest BCUT2D eigenvalue weighted by Gasteiger charge is 2.32. The lowest BCUT2D eigenvalue weighted by molar-refractivity contribution is -0.141. The van der Waals surface area contributed by atoms with Crippen LogP contribution in [0.2, 0.25) is 0 Å². The summed E-state index contributed by atoms with van der Waals surface area (Å²) in [6, 6.07) is 5.38. The molecule has 0 radical (unpaired) electrons. The molecule has 0 saturated heterocycles. The van der Waals surface area contributed by atoms with Gasteiger partial charge in [-0.3, -0.25) is 4.79 Å². The number of aryl methyl sites for hydroxylation is 2. The molecule has 0 fully saturated rings. The van der Waals surface area contributed by atoms with Crippen molar-refractivity contribution in [3.63, 3.8) is 0 Å². The molecule has 3 rings (SSSR count). The second kappa shape index (κ2) is 8.26. The minimum atomic E-state index is -4.59. The van der Waals surface area contributed by atoms with Gasteiger partial charge >= 0.3 is 6.18 Å². The van der Waals surface area contributed by atoms with E-state index >= 15 is 0 Å². The van der Waals surface area contributed by atoms with E-state index < -0.39 is 23.9 Å². The van der Waals surface area contributed by atoms with Crippen LogP contribution in [0.1, 0.15) is 38.3 Å². The van der Waals surface area contributed by atoms with Gasteiger partial charge < -0.3 is 10.4 Å². The molecule has 0 aliphatic heterocycles. The van der Waals surface area contributed by atoms with Crippen LogP contribution in [-0.2, 0) is 6.18 Å². The Kier molecular flexibility index (Phi) is 5.94. The van der Waals surface area contributed by atoms with Crippen molar-refractivity contribution in [2.24, 2.45) is 0 Å². The fraction of sp³-hybridized carbons (Fsp3) is 0.263. The first-order valence-corrected chi connectivity index (χ1v) is 9.42. The predicted molar refractivity (Wildman–Crippen MR) is 101 cm³/mol. The fourth-order valence-electron chi connectivity index (χ4n) is 2.67. The molecule has 0 bridgehead atoms. The van der Waals surface area contributed by atoms with Crippen molar-refractivity contribution in [1.82, 2.24) is 20.3 Å². The summed E-state index contributed by atoms with van der Waals surface area (Å²) >= 11 is 1.29. The van der Waals surface area contributed by atoms with E-state index in [0.29, 0.717) is 16.1 Å². The van der Waals surface area contributed by atoms with E-state index in [1.54, 1.807) is 31.5 Å². The molecular weight excluding hydrogens is 405 g/mol. The molecule has 2 N–H and O–H groups in total. The first-order valence-electron chi connectivity index (χ1n) is 8.54. The number of nitrogens with one attached hydrogen (secondary N) is 1. The number of benzene rings is 1. The van der Waals surface area contributed by atoms with Crippen LogP contribution in [0, 0.1) is 13.8 Å². The second-order valence-corrected chi connectivity index (χ2v) is 7.21. The summed E-state index contributed by atoms with van der Waals surface area (Å²) in [5, 5.41) is 12.9. The van der Waals surface area contributed by atoms with Crippen molar-refractivity contribution in [2.75, 3.05) is 6.54 Å². The molecule has 1 atom stereocenters. The Hall–Kier alpha value is -2.85. The first-order chi connectivity index (χ1) is 13.7. The van der Waals surface area contributed by atoms with E-state index in [9.17, 15) is 23.1 Å². The van der Waals surface area contributed by atoms with Crippen LogP contribution >= 0.6 is 11.3 Å². The zero-order chi connectivity index (χ0) is 21.2. The normalized spacial score (nSPS) is 12.6. The van der Waals surface area contributed by atoms with Gasteiger partial charge in [0.2, 0.25) is 0 Å². The van der Waals surface area contributed by atoms with E-state index in [-0.39, 0.29) is 23.5 Å². The molecule has 3 aromatic rings. The molecule has 2 aromatic heterocycles. The molecule has 0 aliphatic carbocycles. The van der Waals surface area contributed by atoms with Crippen LogP contribution in [0.4, 0.5) is 13.2 Å². The minimum Gasteiger partial charge on any atom is -0.386 e. The summed E-state index contributed by atoms with van der Waals surface area (Å²) in [5.74, 6) is -0.591. The summed E-state index contributed by atoms with van der Waals surface area (Å²) in [6.45, 7) is 3.45. The van der Waals surface area contributed by atoms with Crippen molar-refractivity contribution >= 4 is 17.2 Å². The minimum absolute atomic E-state index is 0.0222. The van der Waals surface area contributed by atoms with Crippen LogP contribution in [0.25, 0.3) is 11.4 Å². The molecule has 1 aromatic carbocycles. The molecule has 29 heavy (non-hydrogen) atoms. The number of thiazole rings is 1. The van der Waals surface area contributed by atoms with E-state index in [1.807, 2.05) is 0 Å². The van der Waals surface area contributed by atoms with Gasteiger partial charge in [-0.2, -0.15) is 13.2 Å². The summed E-state index contributed by atoms with van der Waals surface area (Å²) in [6.07, 6.45) is -4.46. The van der Waals surface area contributed by atoms with E-state index in [4.69, 9.17) is 0 Å². The molecule has 152 valence electrons. The van der Waals surface area contributed by atoms with Crippen LogP contribution in [-0.4, -0.2) is 32.5 Å². The third kappa shape index (κ3) is 4.77. The topological polar surface area (TPSA) is 88.0 Å². The summed E-state index contributed by atoms with van der Waals surface area (Å²) < 4.78 is 38.7. The molecule has 10 heteroatoms. The van der Waals surface area contributed by atoms with Gasteiger partial charge in [0.1, 0.15) is 11.8 Å². The van der Waals surface area contributed by atoms with Crippen molar-refractivity contribution in [3.8, 4) is 11.4 Å². The third-order valence-corrected chi connectivity index (χ3v) is 5.26. The van der Waals surface area contributed by atoms with Crippen molar-refractivity contribution in [2.45, 2.75) is 26.1 Å². The van der Waals surface area contributed by atoms with Gasteiger partial charge in [0, 0.05) is 23.9 Å². The number of hydrogen-bond donors (Lipinski definition) is 2. The standard InChI is InChI=1S/C19H17F3N4O2S/c1-10-3-4-12(17-23-6-5-15(26-17)19(20,21)22)7-13(10)18(28)24-8-14(27)16-11(2)25-9-29-16/h3-7,9,14,27H,8H2,1-2H3,(H,24,28)/t14-/m1/s1. The smallest absolute Gasteiger partial charge is 0.386 e. The Morgan fingerprint density at radius 1 is 1.24 bits per heavy atom. The van der Waals surface area contributed by atoms with Gasteiger partial charge in [0.05, 0.1) is 16.1 Å². The van der Waals surface area contributed by atoms with E-state index in [2.05, 4.69) is 20.3 Å². The molecule has 0 saturated carbocycles. The summed E-state index contributed by atoms with van der Waals surface area (Å²) in [4.78, 5) is 24.7. The fourth-order valence-corrected chi connectivity index (χ4v) is 3.46. The molecule has 2 heterocycles. The van der Waals surface area contributed by atoms with Crippen LogP contribution in [0.3, 0.4) is 0 Å². The highest BCUT2D eigenvalue weighted by Crippen LogP contribution is 2.29. The molecule has 6 nitrogen and oxygen atoms in total. The highest BCUT2D eigenvalue weighted by atomic mass is 32.1. The van der Waals surface area contributed by atoms with Crippen LogP contribution in [0.5, 0.6) is 0 Å². The SMILES string of the molecule is Cc1ccc(-c2nccc(C(F)(F)F)n2)cc1C(=O)NC[C@@H](O)c1scnc1C. The zero-order valence-corrected chi connectivity index (χ0v) is 16.3. The lowest BCUT2D eigenvalue weighted by Crippen LogP contribution is -2.29. The van der Waals surface area contributed by atoms with Crippen molar-refractivity contribution < 1.29 is 23.1 Å². The number of hydrogen-bond acceptors (Lipinski definition) is 6. The number of carbonyl (C=O) groups is 1. The quantitative estimate of drug-likeness (QED) is 0.655. The van der Waals surface area contributed by atoms with Gasteiger partial charge in [0.25, 0.3) is 5.91 Å². The molecule has 1 amide bonds.